The van der Waals surface area contributed by atoms with Crippen molar-refractivity contribution in [2.24, 2.45) is 0 Å². The summed E-state index contributed by atoms with van der Waals surface area (Å²) in [7, 11) is 1.65. The number of ether oxygens (including phenoxy) is 1. The summed E-state index contributed by atoms with van der Waals surface area (Å²) in [6.45, 7) is 0. The van der Waals surface area contributed by atoms with Crippen LogP contribution < -0.4 is 10.1 Å². The van der Waals surface area contributed by atoms with Crippen molar-refractivity contribution < 1.29 is 9.53 Å². The van der Waals surface area contributed by atoms with Gasteiger partial charge in [0.25, 0.3) is 0 Å². The fraction of sp³-hybridized carbons (Fsp3) is 0.200. The number of thioether (sulfide) groups is 1. The first kappa shape index (κ1) is 21.0. The molecule has 0 saturated carbocycles. The van der Waals surface area contributed by atoms with E-state index in [2.05, 4.69) is 10.3 Å². The number of rotatable bonds is 8. The number of nitrogens with one attached hydrogen (secondary N) is 1. The number of amides is 1. The van der Waals surface area contributed by atoms with Crippen LogP contribution in [0.3, 0.4) is 0 Å². The van der Waals surface area contributed by atoms with E-state index in [4.69, 9.17) is 27.9 Å². The molecule has 0 radical (unpaired) electrons. The molecular weight excluding hydrogens is 435 g/mol. The van der Waals surface area contributed by atoms with Crippen molar-refractivity contribution in [1.29, 1.82) is 0 Å². The lowest BCUT2D eigenvalue weighted by Crippen LogP contribution is -2.11. The summed E-state index contributed by atoms with van der Waals surface area (Å²) in [5, 5.41) is 6.30. The van der Waals surface area contributed by atoms with Crippen LogP contribution in [-0.4, -0.2) is 23.8 Å². The third-order valence-electron chi connectivity index (χ3n) is 3.84. The maximum absolute atomic E-state index is 12.1. The van der Waals surface area contributed by atoms with Gasteiger partial charge < -0.3 is 10.1 Å². The molecule has 0 spiro atoms. The molecule has 28 heavy (non-hydrogen) atoms. The molecule has 3 aromatic rings. The van der Waals surface area contributed by atoms with Gasteiger partial charge in [-0.3, -0.25) is 4.79 Å². The molecule has 1 N–H and O–H groups in total. The molecule has 1 amide bonds. The van der Waals surface area contributed by atoms with Crippen molar-refractivity contribution in [3.05, 3.63) is 57.9 Å². The lowest BCUT2D eigenvalue weighted by atomic mass is 10.2. The zero-order valence-electron chi connectivity index (χ0n) is 15.1. The van der Waals surface area contributed by atoms with Gasteiger partial charge in [-0.15, -0.1) is 23.1 Å². The van der Waals surface area contributed by atoms with Crippen LogP contribution in [0.25, 0.3) is 11.3 Å². The molecule has 146 valence electrons. The van der Waals surface area contributed by atoms with Gasteiger partial charge >= 0.3 is 0 Å². The normalized spacial score (nSPS) is 10.7. The van der Waals surface area contributed by atoms with Gasteiger partial charge in [0, 0.05) is 22.3 Å². The molecule has 0 bridgehead atoms. The summed E-state index contributed by atoms with van der Waals surface area (Å²) in [5.74, 6) is 1.67. The lowest BCUT2D eigenvalue weighted by molar-refractivity contribution is -0.116. The number of methoxy groups -OCH3 is 1. The third kappa shape index (κ3) is 5.88. The minimum atomic E-state index is -0.0367. The van der Waals surface area contributed by atoms with E-state index in [1.54, 1.807) is 31.0 Å². The highest BCUT2D eigenvalue weighted by atomic mass is 35.5. The van der Waals surface area contributed by atoms with E-state index in [-0.39, 0.29) is 5.91 Å². The van der Waals surface area contributed by atoms with Crippen LogP contribution in [0.15, 0.2) is 52.7 Å². The highest BCUT2D eigenvalue weighted by Crippen LogP contribution is 2.30. The minimum Gasteiger partial charge on any atom is -0.497 e. The van der Waals surface area contributed by atoms with Gasteiger partial charge in [-0.2, -0.15) is 0 Å². The van der Waals surface area contributed by atoms with Crippen molar-refractivity contribution >= 4 is 57.3 Å². The van der Waals surface area contributed by atoms with Crippen LogP contribution in [0.4, 0.5) is 5.13 Å². The Bertz CT molecular complexity index is 946. The molecule has 8 heteroatoms. The largest absolute Gasteiger partial charge is 0.497 e. The lowest BCUT2D eigenvalue weighted by Gasteiger charge is -2.04. The summed E-state index contributed by atoms with van der Waals surface area (Å²) in [4.78, 5) is 17.8. The third-order valence-corrected chi connectivity index (χ3v) is 6.44. The van der Waals surface area contributed by atoms with Crippen molar-refractivity contribution in [2.45, 2.75) is 17.7 Å². The number of benzene rings is 2. The number of hydrogen-bond acceptors (Lipinski definition) is 5. The maximum Gasteiger partial charge on any atom is 0.226 e. The smallest absolute Gasteiger partial charge is 0.226 e. The molecule has 0 unspecified atom stereocenters. The molecule has 4 nitrogen and oxygen atoms in total. The molecule has 0 aliphatic carbocycles. The Balaban J connectivity index is 1.44. The zero-order valence-corrected chi connectivity index (χ0v) is 18.2. The van der Waals surface area contributed by atoms with Gasteiger partial charge in [-0.1, -0.05) is 29.3 Å². The van der Waals surface area contributed by atoms with Gasteiger partial charge in [0.2, 0.25) is 5.91 Å². The van der Waals surface area contributed by atoms with E-state index in [0.717, 1.165) is 34.1 Å². The predicted molar refractivity (Wildman–Crippen MR) is 119 cm³/mol. The van der Waals surface area contributed by atoms with E-state index in [0.29, 0.717) is 21.6 Å². The van der Waals surface area contributed by atoms with Crippen LogP contribution in [-0.2, 0) is 4.79 Å². The molecule has 2 aromatic carbocycles. The Morgan fingerprint density at radius 3 is 2.68 bits per heavy atom. The zero-order chi connectivity index (χ0) is 19.9. The average Bonchev–Trinajstić information content (AvgIpc) is 3.16. The molecule has 0 aliphatic heterocycles. The van der Waals surface area contributed by atoms with Gasteiger partial charge in [-0.25, -0.2) is 4.98 Å². The summed E-state index contributed by atoms with van der Waals surface area (Å²) in [5.41, 5.74) is 1.62. The molecule has 1 aromatic heterocycles. The van der Waals surface area contributed by atoms with Crippen molar-refractivity contribution in [2.75, 3.05) is 18.2 Å². The van der Waals surface area contributed by atoms with E-state index in [1.165, 1.54) is 11.3 Å². The number of nitrogens with zero attached hydrogens (tertiary/aromatic N) is 1. The SMILES string of the molecule is COc1ccc(SCCCC(=O)Nc2nc(-c3ccc(Cl)c(Cl)c3)cs2)cc1. The number of thiazole rings is 1. The highest BCUT2D eigenvalue weighted by Gasteiger charge is 2.09. The number of carbonyl (C=O) groups is 1. The molecule has 0 saturated heterocycles. The predicted octanol–water partition coefficient (Wildman–Crippen LogP) is 6.64. The molecule has 0 aliphatic rings. The minimum absolute atomic E-state index is 0.0367. The summed E-state index contributed by atoms with van der Waals surface area (Å²) in [6.07, 6.45) is 1.23. The fourth-order valence-electron chi connectivity index (χ4n) is 2.40. The standard InChI is InChI=1S/C20H18Cl2N2O2S2/c1-26-14-5-7-15(8-6-14)27-10-2-3-19(25)24-20-23-18(12-28-20)13-4-9-16(21)17(22)11-13/h4-9,11-12H,2-3,10H2,1H3,(H,23,24,25). The second kappa shape index (κ2) is 10.2. The quantitative estimate of drug-likeness (QED) is 0.307. The molecule has 3 rings (SSSR count). The van der Waals surface area contributed by atoms with Gasteiger partial charge in [0.15, 0.2) is 5.13 Å². The Morgan fingerprint density at radius 1 is 1.18 bits per heavy atom. The van der Waals surface area contributed by atoms with Crippen molar-refractivity contribution in [3.63, 3.8) is 0 Å². The first-order chi connectivity index (χ1) is 13.5. The summed E-state index contributed by atoms with van der Waals surface area (Å²) >= 11 is 15.1. The summed E-state index contributed by atoms with van der Waals surface area (Å²) in [6, 6.07) is 13.3. The van der Waals surface area contributed by atoms with Gasteiger partial charge in [-0.05, 0) is 48.6 Å². The number of carbonyl (C=O) groups excluding carboxylic acids is 1. The van der Waals surface area contributed by atoms with Crippen LogP contribution in [0.5, 0.6) is 5.75 Å². The van der Waals surface area contributed by atoms with E-state index >= 15 is 0 Å². The number of hydrogen-bond donors (Lipinski definition) is 1. The highest BCUT2D eigenvalue weighted by molar-refractivity contribution is 7.99. The van der Waals surface area contributed by atoms with Crippen LogP contribution in [0.2, 0.25) is 10.0 Å². The second-order valence-electron chi connectivity index (χ2n) is 5.84. The van der Waals surface area contributed by atoms with Crippen LogP contribution >= 0.6 is 46.3 Å². The van der Waals surface area contributed by atoms with E-state index in [1.807, 2.05) is 35.7 Å². The average molecular weight is 453 g/mol. The van der Waals surface area contributed by atoms with Crippen molar-refractivity contribution in [3.8, 4) is 17.0 Å². The Kier molecular flexibility index (Phi) is 7.62. The number of aromatic nitrogens is 1. The van der Waals surface area contributed by atoms with Crippen LogP contribution in [0.1, 0.15) is 12.8 Å². The first-order valence-corrected chi connectivity index (χ1v) is 11.1. The summed E-state index contributed by atoms with van der Waals surface area (Å²) < 4.78 is 5.14. The van der Waals surface area contributed by atoms with E-state index in [9.17, 15) is 4.79 Å². The molecule has 0 atom stereocenters. The first-order valence-electron chi connectivity index (χ1n) is 8.53. The van der Waals surface area contributed by atoms with Crippen LogP contribution in [0, 0.1) is 0 Å². The monoisotopic (exact) mass is 452 g/mol. The Labute approximate surface area is 182 Å². The van der Waals surface area contributed by atoms with Gasteiger partial charge in [0.1, 0.15) is 5.75 Å². The second-order valence-corrected chi connectivity index (χ2v) is 8.68. The van der Waals surface area contributed by atoms with Crippen molar-refractivity contribution in [1.82, 2.24) is 4.98 Å². The molecular formula is C20H18Cl2N2O2S2. The Morgan fingerprint density at radius 2 is 1.96 bits per heavy atom. The number of anilines is 1. The topological polar surface area (TPSA) is 51.2 Å². The van der Waals surface area contributed by atoms with Gasteiger partial charge in [0.05, 0.1) is 22.8 Å². The van der Waals surface area contributed by atoms with E-state index < -0.39 is 0 Å². The Hall–Kier alpha value is -1.73. The molecule has 0 fully saturated rings. The fourth-order valence-corrected chi connectivity index (χ4v) is 4.28. The number of halogens is 2. The molecule has 1 heterocycles. The maximum atomic E-state index is 12.1.